The Morgan fingerprint density at radius 3 is 2.57 bits per heavy atom. The Morgan fingerprint density at radius 1 is 1.86 bits per heavy atom. The van der Waals surface area contributed by atoms with Crippen LogP contribution in [0, 0.1) is 0 Å². The van der Waals surface area contributed by atoms with Crippen LogP contribution in [-0.4, -0.2) is 19.4 Å². The van der Waals surface area contributed by atoms with E-state index in [1.165, 1.54) is 0 Å². The molecular formula is C4H11N2O. The molecule has 1 unspecified atom stereocenters. The van der Waals surface area contributed by atoms with Crippen LogP contribution in [0.4, 0.5) is 0 Å². The number of nitrogens with one attached hydrogen (secondary N) is 1. The third-order valence-corrected chi connectivity index (χ3v) is 0.582. The van der Waals surface area contributed by atoms with Gasteiger partial charge in [0.25, 0.3) is 0 Å². The van der Waals surface area contributed by atoms with E-state index in [0.717, 1.165) is 0 Å². The van der Waals surface area contributed by atoms with Crippen molar-refractivity contribution in [3.8, 4) is 0 Å². The molecule has 0 aliphatic heterocycles. The molecule has 43 valence electrons. The Balaban J connectivity index is 2.83. The zero-order valence-corrected chi connectivity index (χ0v) is 4.48. The van der Waals surface area contributed by atoms with Crippen molar-refractivity contribution in [2.24, 2.45) is 5.73 Å². The summed E-state index contributed by atoms with van der Waals surface area (Å²) in [5.41, 5.74) is 11.8. The van der Waals surface area contributed by atoms with Crippen molar-refractivity contribution in [3.63, 3.8) is 0 Å². The lowest BCUT2D eigenvalue weighted by Crippen LogP contribution is -2.28. The summed E-state index contributed by atoms with van der Waals surface area (Å²) < 4.78 is 4.78. The van der Waals surface area contributed by atoms with Gasteiger partial charge in [-0.3, -0.25) is 5.73 Å². The van der Waals surface area contributed by atoms with E-state index in [4.69, 9.17) is 16.2 Å². The van der Waals surface area contributed by atoms with Gasteiger partial charge in [-0.2, -0.15) is 0 Å². The van der Waals surface area contributed by atoms with E-state index in [1.54, 1.807) is 0 Å². The Kier molecular flexibility index (Phi) is 3.98. The molecule has 0 aromatic rings. The standard InChI is InChI=1S/C4H11N2O/c1-2-7-4(6)3-5/h4-5H,2-3,6H2,1H3. The highest BCUT2D eigenvalue weighted by Gasteiger charge is 1.92. The van der Waals surface area contributed by atoms with Crippen molar-refractivity contribution >= 4 is 0 Å². The van der Waals surface area contributed by atoms with E-state index >= 15 is 0 Å². The highest BCUT2D eigenvalue weighted by Crippen LogP contribution is 1.76. The Hall–Kier alpha value is -0.120. The van der Waals surface area contributed by atoms with Crippen molar-refractivity contribution in [3.05, 3.63) is 0 Å². The molecule has 1 radical (unpaired) electrons. The predicted octanol–water partition coefficient (Wildman–Crippen LogP) is -0.409. The van der Waals surface area contributed by atoms with Gasteiger partial charge in [-0.15, -0.1) is 0 Å². The van der Waals surface area contributed by atoms with E-state index in [1.807, 2.05) is 6.92 Å². The van der Waals surface area contributed by atoms with Gasteiger partial charge < -0.3 is 10.5 Å². The molecule has 3 N–H and O–H groups in total. The molecule has 0 aromatic heterocycles. The second kappa shape index (κ2) is 4.05. The van der Waals surface area contributed by atoms with Crippen LogP contribution in [0.2, 0.25) is 0 Å². The van der Waals surface area contributed by atoms with E-state index in [0.29, 0.717) is 6.61 Å². The molecule has 0 aliphatic carbocycles. The van der Waals surface area contributed by atoms with Crippen LogP contribution in [0.5, 0.6) is 0 Å². The predicted molar refractivity (Wildman–Crippen MR) is 27.6 cm³/mol. The van der Waals surface area contributed by atoms with Gasteiger partial charge in [-0.25, -0.2) is 0 Å². The van der Waals surface area contributed by atoms with Crippen LogP contribution in [0.15, 0.2) is 0 Å². The lowest BCUT2D eigenvalue weighted by molar-refractivity contribution is 0.0729. The fourth-order valence-electron chi connectivity index (χ4n) is 0.273. The van der Waals surface area contributed by atoms with Crippen LogP contribution in [0.25, 0.3) is 0 Å². The van der Waals surface area contributed by atoms with Crippen LogP contribution >= 0.6 is 0 Å². The Morgan fingerprint density at radius 2 is 2.43 bits per heavy atom. The first-order chi connectivity index (χ1) is 3.31. The van der Waals surface area contributed by atoms with Crippen molar-refractivity contribution in [2.75, 3.05) is 13.2 Å². The zero-order chi connectivity index (χ0) is 5.70. The lowest BCUT2D eigenvalue weighted by Gasteiger charge is -2.05. The third-order valence-electron chi connectivity index (χ3n) is 0.582. The first-order valence-corrected chi connectivity index (χ1v) is 2.33. The summed E-state index contributed by atoms with van der Waals surface area (Å²) in [6, 6.07) is 0. The van der Waals surface area contributed by atoms with Crippen LogP contribution in [0.3, 0.4) is 0 Å². The number of hydrogen-bond donors (Lipinski definition) is 1. The first kappa shape index (κ1) is 6.88. The summed E-state index contributed by atoms with van der Waals surface area (Å²) in [5.74, 6) is 0. The highest BCUT2D eigenvalue weighted by molar-refractivity contribution is 4.42. The minimum atomic E-state index is -0.384. The van der Waals surface area contributed by atoms with Gasteiger partial charge in [0.05, 0.1) is 0 Å². The summed E-state index contributed by atoms with van der Waals surface area (Å²) >= 11 is 0. The van der Waals surface area contributed by atoms with Crippen molar-refractivity contribution in [2.45, 2.75) is 13.2 Å². The van der Waals surface area contributed by atoms with E-state index in [2.05, 4.69) is 0 Å². The molecule has 0 rings (SSSR count). The minimum Gasteiger partial charge on any atom is -0.362 e. The highest BCUT2D eigenvalue weighted by atomic mass is 16.5. The second-order valence-electron chi connectivity index (χ2n) is 1.20. The normalized spacial score (nSPS) is 14.1. The molecule has 0 aliphatic rings. The molecule has 0 bridgehead atoms. The lowest BCUT2D eigenvalue weighted by atomic mass is 10.6. The van der Waals surface area contributed by atoms with Gasteiger partial charge in [-0.1, -0.05) is 0 Å². The largest absolute Gasteiger partial charge is 0.362 e. The SMILES string of the molecule is CCOC(N)C[NH]. The fourth-order valence-corrected chi connectivity index (χ4v) is 0.273. The zero-order valence-electron chi connectivity index (χ0n) is 4.48. The van der Waals surface area contributed by atoms with Gasteiger partial charge in [0, 0.05) is 13.2 Å². The van der Waals surface area contributed by atoms with Crippen LogP contribution < -0.4 is 11.5 Å². The fraction of sp³-hybridized carbons (Fsp3) is 1.00. The van der Waals surface area contributed by atoms with Crippen molar-refractivity contribution < 1.29 is 4.74 Å². The molecule has 0 saturated heterocycles. The van der Waals surface area contributed by atoms with Gasteiger partial charge >= 0.3 is 0 Å². The van der Waals surface area contributed by atoms with Gasteiger partial charge in [0.1, 0.15) is 6.23 Å². The maximum atomic E-state index is 6.66. The van der Waals surface area contributed by atoms with E-state index in [-0.39, 0.29) is 12.8 Å². The van der Waals surface area contributed by atoms with Gasteiger partial charge in [0.15, 0.2) is 0 Å². The number of rotatable bonds is 3. The summed E-state index contributed by atoms with van der Waals surface area (Å²) in [6.45, 7) is 2.60. The quantitative estimate of drug-likeness (QED) is 0.494. The molecule has 0 heterocycles. The molecule has 1 atom stereocenters. The Bertz CT molecular complexity index is 40.7. The van der Waals surface area contributed by atoms with Gasteiger partial charge in [0.2, 0.25) is 0 Å². The average molecular weight is 103 g/mol. The first-order valence-electron chi connectivity index (χ1n) is 2.33. The summed E-state index contributed by atoms with van der Waals surface area (Å²) in [4.78, 5) is 0. The van der Waals surface area contributed by atoms with Crippen molar-refractivity contribution in [1.29, 1.82) is 0 Å². The molecule has 0 saturated carbocycles. The third kappa shape index (κ3) is 3.72. The maximum absolute atomic E-state index is 6.66. The molecule has 0 amide bonds. The topological polar surface area (TPSA) is 59.0 Å². The number of hydrogen-bond acceptors (Lipinski definition) is 2. The molecular weight excluding hydrogens is 92.1 g/mol. The summed E-state index contributed by atoms with van der Waals surface area (Å²) in [7, 11) is 0. The monoisotopic (exact) mass is 103 g/mol. The second-order valence-corrected chi connectivity index (χ2v) is 1.20. The number of ether oxygens (including phenoxy) is 1. The van der Waals surface area contributed by atoms with Crippen molar-refractivity contribution in [1.82, 2.24) is 5.73 Å². The van der Waals surface area contributed by atoms with E-state index < -0.39 is 0 Å². The van der Waals surface area contributed by atoms with Gasteiger partial charge in [-0.05, 0) is 6.92 Å². The molecule has 3 heteroatoms. The Labute approximate surface area is 43.6 Å². The smallest absolute Gasteiger partial charge is 0.119 e. The molecule has 0 spiro atoms. The van der Waals surface area contributed by atoms with Crippen LogP contribution in [-0.2, 0) is 4.74 Å². The molecule has 0 fully saturated rings. The number of nitrogens with two attached hydrogens (primary N) is 1. The summed E-state index contributed by atoms with van der Waals surface area (Å²) in [6.07, 6.45) is -0.384. The molecule has 3 nitrogen and oxygen atoms in total. The van der Waals surface area contributed by atoms with E-state index in [9.17, 15) is 0 Å². The maximum Gasteiger partial charge on any atom is 0.119 e. The average Bonchev–Trinajstić information content (AvgIpc) is 1.68. The van der Waals surface area contributed by atoms with Crippen LogP contribution in [0.1, 0.15) is 6.92 Å². The molecule has 0 aromatic carbocycles. The minimum absolute atomic E-state index is 0.147. The molecule has 7 heavy (non-hydrogen) atoms. The summed E-state index contributed by atoms with van der Waals surface area (Å²) in [5, 5.41) is 0.